The minimum Gasteiger partial charge on any atom is -0.459 e. The molecule has 0 unspecified atom stereocenters. The number of aromatic nitrogens is 2. The highest BCUT2D eigenvalue weighted by atomic mass is 16.5. The normalized spacial score (nSPS) is 11.6. The molecule has 2 heterocycles. The van der Waals surface area contributed by atoms with Gasteiger partial charge in [0.15, 0.2) is 11.6 Å². The van der Waals surface area contributed by atoms with E-state index in [1.165, 1.54) is 0 Å². The van der Waals surface area contributed by atoms with E-state index in [2.05, 4.69) is 28.9 Å². The van der Waals surface area contributed by atoms with Crippen LogP contribution in [0.2, 0.25) is 0 Å². The number of furan rings is 1. The van der Waals surface area contributed by atoms with Crippen molar-refractivity contribution in [2.45, 2.75) is 32.9 Å². The average molecular weight is 265 g/mol. The Morgan fingerprint density at radius 3 is 2.89 bits per heavy atom. The van der Waals surface area contributed by atoms with Gasteiger partial charge in [-0.2, -0.15) is 4.98 Å². The van der Waals surface area contributed by atoms with Crippen molar-refractivity contribution in [3.63, 3.8) is 0 Å². The number of aliphatic hydroxyl groups is 1. The second kappa shape index (κ2) is 6.49. The summed E-state index contributed by atoms with van der Waals surface area (Å²) < 4.78 is 10.4. The minimum absolute atomic E-state index is 0.188. The third kappa shape index (κ3) is 3.65. The lowest BCUT2D eigenvalue weighted by Crippen LogP contribution is -2.32. The standard InChI is InChI=1S/C13H19N3O3/c1-10(2)16(6-4-7-17)9-12-14-13(19-15-12)11-5-3-8-18-11/h3,5,8,10,17H,4,6-7,9H2,1-2H3. The molecule has 2 rings (SSSR count). The highest BCUT2D eigenvalue weighted by molar-refractivity contribution is 5.42. The van der Waals surface area contributed by atoms with Crippen molar-refractivity contribution >= 4 is 0 Å². The predicted molar refractivity (Wildman–Crippen MR) is 69.2 cm³/mol. The van der Waals surface area contributed by atoms with Crippen LogP contribution in [0.1, 0.15) is 26.1 Å². The van der Waals surface area contributed by atoms with E-state index in [0.717, 1.165) is 13.0 Å². The largest absolute Gasteiger partial charge is 0.459 e. The van der Waals surface area contributed by atoms with Crippen molar-refractivity contribution < 1.29 is 14.0 Å². The Balaban J connectivity index is 2.01. The zero-order chi connectivity index (χ0) is 13.7. The van der Waals surface area contributed by atoms with Gasteiger partial charge in [0.05, 0.1) is 12.8 Å². The summed E-state index contributed by atoms with van der Waals surface area (Å²) in [5, 5.41) is 12.9. The first kappa shape index (κ1) is 13.8. The maximum Gasteiger partial charge on any atom is 0.293 e. The van der Waals surface area contributed by atoms with Crippen LogP contribution >= 0.6 is 0 Å². The summed E-state index contributed by atoms with van der Waals surface area (Å²) >= 11 is 0. The Morgan fingerprint density at radius 2 is 2.26 bits per heavy atom. The lowest BCUT2D eigenvalue weighted by atomic mass is 10.3. The van der Waals surface area contributed by atoms with Crippen LogP contribution in [0, 0.1) is 0 Å². The summed E-state index contributed by atoms with van der Waals surface area (Å²) in [6, 6.07) is 3.92. The molecule has 0 aliphatic rings. The molecule has 2 aromatic heterocycles. The lowest BCUT2D eigenvalue weighted by molar-refractivity contribution is 0.179. The first-order chi connectivity index (χ1) is 9.20. The van der Waals surface area contributed by atoms with E-state index >= 15 is 0 Å². The van der Waals surface area contributed by atoms with E-state index in [0.29, 0.717) is 30.1 Å². The molecule has 0 bridgehead atoms. The van der Waals surface area contributed by atoms with Gasteiger partial charge >= 0.3 is 0 Å². The van der Waals surface area contributed by atoms with Crippen LogP contribution in [-0.4, -0.2) is 39.3 Å². The molecule has 0 radical (unpaired) electrons. The molecule has 0 saturated carbocycles. The highest BCUT2D eigenvalue weighted by Crippen LogP contribution is 2.17. The van der Waals surface area contributed by atoms with Gasteiger partial charge in [-0.3, -0.25) is 4.90 Å². The molecule has 6 nitrogen and oxygen atoms in total. The highest BCUT2D eigenvalue weighted by Gasteiger charge is 2.15. The molecule has 0 saturated heterocycles. The molecule has 0 atom stereocenters. The lowest BCUT2D eigenvalue weighted by Gasteiger charge is -2.24. The van der Waals surface area contributed by atoms with Crippen molar-refractivity contribution in [1.29, 1.82) is 0 Å². The number of rotatable bonds is 7. The van der Waals surface area contributed by atoms with Crippen LogP contribution in [0.25, 0.3) is 11.7 Å². The predicted octanol–water partition coefficient (Wildman–Crippen LogP) is 1.92. The van der Waals surface area contributed by atoms with Crippen molar-refractivity contribution in [2.75, 3.05) is 13.2 Å². The van der Waals surface area contributed by atoms with Gasteiger partial charge in [-0.25, -0.2) is 0 Å². The number of nitrogens with zero attached hydrogens (tertiary/aromatic N) is 3. The molecular weight excluding hydrogens is 246 g/mol. The molecule has 2 aromatic rings. The Bertz CT molecular complexity index is 479. The summed E-state index contributed by atoms with van der Waals surface area (Å²) in [5.74, 6) is 1.59. The molecule has 0 amide bonds. The SMILES string of the molecule is CC(C)N(CCCO)Cc1noc(-c2ccco2)n1. The molecule has 1 N–H and O–H groups in total. The van der Waals surface area contributed by atoms with Crippen molar-refractivity contribution in [3.8, 4) is 11.7 Å². The van der Waals surface area contributed by atoms with E-state index in [1.807, 2.05) is 0 Å². The fourth-order valence-corrected chi connectivity index (χ4v) is 1.79. The second-order valence-corrected chi connectivity index (χ2v) is 4.63. The topological polar surface area (TPSA) is 75.5 Å². The van der Waals surface area contributed by atoms with Gasteiger partial charge in [0, 0.05) is 19.2 Å². The van der Waals surface area contributed by atoms with Gasteiger partial charge in [-0.05, 0) is 32.4 Å². The van der Waals surface area contributed by atoms with E-state index in [9.17, 15) is 0 Å². The van der Waals surface area contributed by atoms with Crippen LogP contribution in [0.4, 0.5) is 0 Å². The number of hydrogen-bond donors (Lipinski definition) is 1. The number of hydrogen-bond acceptors (Lipinski definition) is 6. The minimum atomic E-state index is 0.188. The van der Waals surface area contributed by atoms with Gasteiger partial charge in [-0.15, -0.1) is 0 Å². The molecule has 0 aromatic carbocycles. The second-order valence-electron chi connectivity index (χ2n) is 4.63. The Morgan fingerprint density at radius 1 is 1.42 bits per heavy atom. The average Bonchev–Trinajstić information content (AvgIpc) is 3.04. The van der Waals surface area contributed by atoms with Gasteiger partial charge in [0.2, 0.25) is 0 Å². The molecule has 0 spiro atoms. The van der Waals surface area contributed by atoms with E-state index in [1.54, 1.807) is 18.4 Å². The molecule has 104 valence electrons. The quantitative estimate of drug-likeness (QED) is 0.824. The van der Waals surface area contributed by atoms with Crippen molar-refractivity contribution in [3.05, 3.63) is 24.2 Å². The van der Waals surface area contributed by atoms with Gasteiger partial charge < -0.3 is 14.0 Å². The van der Waals surface area contributed by atoms with Crippen molar-refractivity contribution in [1.82, 2.24) is 15.0 Å². The van der Waals surface area contributed by atoms with E-state index < -0.39 is 0 Å². The van der Waals surface area contributed by atoms with Crippen LogP contribution in [0.15, 0.2) is 27.3 Å². The first-order valence-corrected chi connectivity index (χ1v) is 6.42. The molecule has 19 heavy (non-hydrogen) atoms. The first-order valence-electron chi connectivity index (χ1n) is 6.42. The van der Waals surface area contributed by atoms with Gasteiger partial charge in [-0.1, -0.05) is 5.16 Å². The summed E-state index contributed by atoms with van der Waals surface area (Å²) in [5.41, 5.74) is 0. The molecular formula is C13H19N3O3. The van der Waals surface area contributed by atoms with Crippen molar-refractivity contribution in [2.24, 2.45) is 0 Å². The third-order valence-corrected chi connectivity index (χ3v) is 2.88. The van der Waals surface area contributed by atoms with Gasteiger partial charge in [0.25, 0.3) is 5.89 Å². The smallest absolute Gasteiger partial charge is 0.293 e. The maximum atomic E-state index is 8.90. The van der Waals surface area contributed by atoms with Gasteiger partial charge in [0.1, 0.15) is 0 Å². The molecule has 6 heteroatoms. The molecule has 0 aliphatic heterocycles. The maximum absolute atomic E-state index is 8.90. The molecule has 0 fully saturated rings. The zero-order valence-electron chi connectivity index (χ0n) is 11.2. The summed E-state index contributed by atoms with van der Waals surface area (Å²) in [7, 11) is 0. The number of aliphatic hydroxyl groups excluding tert-OH is 1. The van der Waals surface area contributed by atoms with E-state index in [-0.39, 0.29) is 6.61 Å². The van der Waals surface area contributed by atoms with E-state index in [4.69, 9.17) is 14.0 Å². The summed E-state index contributed by atoms with van der Waals surface area (Å²) in [6.45, 7) is 5.80. The fourth-order valence-electron chi connectivity index (χ4n) is 1.79. The van der Waals surface area contributed by atoms with Crippen LogP contribution in [0.3, 0.4) is 0 Å². The van der Waals surface area contributed by atoms with Crippen LogP contribution in [-0.2, 0) is 6.54 Å². The molecule has 0 aliphatic carbocycles. The summed E-state index contributed by atoms with van der Waals surface area (Å²) in [4.78, 5) is 6.49. The zero-order valence-corrected chi connectivity index (χ0v) is 11.2. The van der Waals surface area contributed by atoms with Crippen LogP contribution < -0.4 is 0 Å². The Hall–Kier alpha value is -1.66. The van der Waals surface area contributed by atoms with Crippen LogP contribution in [0.5, 0.6) is 0 Å². The Labute approximate surface area is 112 Å². The Kier molecular flexibility index (Phi) is 4.70. The fraction of sp³-hybridized carbons (Fsp3) is 0.538. The third-order valence-electron chi connectivity index (χ3n) is 2.88. The summed E-state index contributed by atoms with van der Waals surface area (Å²) in [6.07, 6.45) is 2.31. The monoisotopic (exact) mass is 265 g/mol.